The summed E-state index contributed by atoms with van der Waals surface area (Å²) < 4.78 is 1.79. The zero-order chi connectivity index (χ0) is 17.2. The molecule has 2 heterocycles. The van der Waals surface area contributed by atoms with E-state index in [2.05, 4.69) is 21.8 Å². The van der Waals surface area contributed by atoms with E-state index in [0.717, 1.165) is 51.0 Å². The van der Waals surface area contributed by atoms with Gasteiger partial charge in [-0.1, -0.05) is 25.1 Å². The summed E-state index contributed by atoms with van der Waals surface area (Å²) in [6.07, 6.45) is 6.32. The summed E-state index contributed by atoms with van der Waals surface area (Å²) in [6.45, 7) is 5.50. The summed E-state index contributed by atoms with van der Waals surface area (Å²) in [7, 11) is 0. The van der Waals surface area contributed by atoms with Crippen molar-refractivity contribution < 1.29 is 4.79 Å². The first-order chi connectivity index (χ1) is 12.3. The molecule has 0 atom stereocenters. The standard InChI is InChI=1S/C20H26N4O/c1-2-22-13-10-18(11-14-22)24(17-8-9-17)20(25)19-12-15-23(21-19)16-6-4-3-5-7-16/h3-7,12,15,17-18H,2,8-11,13-14H2,1H3. The van der Waals surface area contributed by atoms with Crippen molar-refractivity contribution in [2.75, 3.05) is 19.6 Å². The van der Waals surface area contributed by atoms with Gasteiger partial charge in [0, 0.05) is 31.4 Å². The SMILES string of the molecule is CCN1CCC(N(C(=O)c2ccn(-c3ccccc3)n2)C2CC2)CC1. The second-order valence-corrected chi connectivity index (χ2v) is 7.09. The van der Waals surface area contributed by atoms with Crippen LogP contribution >= 0.6 is 0 Å². The maximum Gasteiger partial charge on any atom is 0.274 e. The zero-order valence-electron chi connectivity index (χ0n) is 14.8. The van der Waals surface area contributed by atoms with Gasteiger partial charge in [0.25, 0.3) is 5.91 Å². The molecule has 2 aliphatic rings. The quantitative estimate of drug-likeness (QED) is 0.842. The van der Waals surface area contributed by atoms with Crippen LogP contribution in [0.1, 0.15) is 43.1 Å². The Balaban J connectivity index is 1.51. The van der Waals surface area contributed by atoms with Crippen LogP contribution in [0.4, 0.5) is 0 Å². The minimum atomic E-state index is 0.104. The summed E-state index contributed by atoms with van der Waals surface area (Å²) in [6, 6.07) is 12.6. The largest absolute Gasteiger partial charge is 0.331 e. The number of carbonyl (C=O) groups is 1. The highest BCUT2D eigenvalue weighted by Gasteiger charge is 2.39. The topological polar surface area (TPSA) is 41.4 Å². The van der Waals surface area contributed by atoms with Crippen LogP contribution in [0.5, 0.6) is 0 Å². The van der Waals surface area contributed by atoms with Crippen molar-refractivity contribution >= 4 is 5.91 Å². The third kappa shape index (κ3) is 3.47. The molecule has 2 aromatic rings. The Labute approximate surface area is 149 Å². The normalized spacial score (nSPS) is 19.1. The molecule has 25 heavy (non-hydrogen) atoms. The zero-order valence-corrected chi connectivity index (χ0v) is 14.8. The lowest BCUT2D eigenvalue weighted by molar-refractivity contribution is 0.0548. The lowest BCUT2D eigenvalue weighted by Gasteiger charge is -2.38. The first-order valence-corrected chi connectivity index (χ1v) is 9.42. The Morgan fingerprint density at radius 2 is 1.76 bits per heavy atom. The molecule has 5 heteroatoms. The molecular weight excluding hydrogens is 312 g/mol. The van der Waals surface area contributed by atoms with Crippen LogP contribution in [-0.4, -0.2) is 57.2 Å². The molecule has 1 aromatic heterocycles. The number of hydrogen-bond donors (Lipinski definition) is 0. The van der Waals surface area contributed by atoms with Gasteiger partial charge in [-0.15, -0.1) is 0 Å². The van der Waals surface area contributed by atoms with Crippen molar-refractivity contribution in [2.45, 2.75) is 44.7 Å². The summed E-state index contributed by atoms with van der Waals surface area (Å²) in [5.74, 6) is 0.104. The average molecular weight is 338 g/mol. The third-order valence-corrected chi connectivity index (χ3v) is 5.40. The number of aromatic nitrogens is 2. The van der Waals surface area contributed by atoms with Crippen LogP contribution in [-0.2, 0) is 0 Å². The molecule has 0 spiro atoms. The molecule has 0 radical (unpaired) electrons. The van der Waals surface area contributed by atoms with E-state index in [9.17, 15) is 4.79 Å². The average Bonchev–Trinajstić information content (AvgIpc) is 3.37. The fraction of sp³-hybridized carbons (Fsp3) is 0.500. The van der Waals surface area contributed by atoms with Crippen molar-refractivity contribution in [1.82, 2.24) is 19.6 Å². The Morgan fingerprint density at radius 1 is 1.08 bits per heavy atom. The van der Waals surface area contributed by atoms with Crippen molar-refractivity contribution in [1.29, 1.82) is 0 Å². The van der Waals surface area contributed by atoms with Crippen molar-refractivity contribution in [3.63, 3.8) is 0 Å². The van der Waals surface area contributed by atoms with Gasteiger partial charge in [0.2, 0.25) is 0 Å². The number of amides is 1. The molecule has 1 saturated carbocycles. The number of carbonyl (C=O) groups excluding carboxylic acids is 1. The van der Waals surface area contributed by atoms with Crippen LogP contribution < -0.4 is 0 Å². The van der Waals surface area contributed by atoms with E-state index in [1.54, 1.807) is 4.68 Å². The van der Waals surface area contributed by atoms with E-state index in [1.165, 1.54) is 0 Å². The van der Waals surface area contributed by atoms with E-state index < -0.39 is 0 Å². The van der Waals surface area contributed by atoms with Gasteiger partial charge in [0.15, 0.2) is 5.69 Å². The van der Waals surface area contributed by atoms with E-state index in [0.29, 0.717) is 17.8 Å². The number of hydrogen-bond acceptors (Lipinski definition) is 3. The number of nitrogens with zero attached hydrogens (tertiary/aromatic N) is 4. The molecule has 0 N–H and O–H groups in total. The molecule has 1 aromatic carbocycles. The van der Waals surface area contributed by atoms with Gasteiger partial charge in [0.1, 0.15) is 0 Å². The number of para-hydroxylation sites is 1. The molecule has 1 amide bonds. The molecular formula is C20H26N4O. The fourth-order valence-electron chi connectivity index (χ4n) is 3.79. The van der Waals surface area contributed by atoms with Gasteiger partial charge in [0.05, 0.1) is 5.69 Å². The van der Waals surface area contributed by atoms with E-state index in [4.69, 9.17) is 0 Å². The first kappa shape index (κ1) is 16.3. The van der Waals surface area contributed by atoms with E-state index in [-0.39, 0.29) is 5.91 Å². The number of rotatable bonds is 5. The van der Waals surface area contributed by atoms with Crippen LogP contribution in [0.3, 0.4) is 0 Å². The second kappa shape index (κ2) is 7.00. The van der Waals surface area contributed by atoms with Gasteiger partial charge in [-0.25, -0.2) is 4.68 Å². The number of benzene rings is 1. The highest BCUT2D eigenvalue weighted by molar-refractivity contribution is 5.93. The lowest BCUT2D eigenvalue weighted by Crippen LogP contribution is -2.48. The molecule has 0 unspecified atom stereocenters. The van der Waals surface area contributed by atoms with Gasteiger partial charge < -0.3 is 9.80 Å². The minimum absolute atomic E-state index is 0.104. The van der Waals surface area contributed by atoms with Crippen LogP contribution in [0.2, 0.25) is 0 Å². The summed E-state index contributed by atoms with van der Waals surface area (Å²) in [4.78, 5) is 17.8. The highest BCUT2D eigenvalue weighted by Crippen LogP contribution is 2.33. The van der Waals surface area contributed by atoms with Crippen molar-refractivity contribution in [2.24, 2.45) is 0 Å². The summed E-state index contributed by atoms with van der Waals surface area (Å²) in [5.41, 5.74) is 1.55. The molecule has 4 rings (SSSR count). The predicted octanol–water partition coefficient (Wildman–Crippen LogP) is 2.96. The molecule has 1 saturated heterocycles. The van der Waals surface area contributed by atoms with Crippen molar-refractivity contribution in [3.8, 4) is 5.69 Å². The van der Waals surface area contributed by atoms with Crippen molar-refractivity contribution in [3.05, 3.63) is 48.3 Å². The molecule has 1 aliphatic carbocycles. The second-order valence-electron chi connectivity index (χ2n) is 7.09. The highest BCUT2D eigenvalue weighted by atomic mass is 16.2. The number of likely N-dealkylation sites (tertiary alicyclic amines) is 1. The Morgan fingerprint density at radius 3 is 2.40 bits per heavy atom. The Hall–Kier alpha value is -2.14. The Bertz CT molecular complexity index is 714. The molecule has 1 aliphatic heterocycles. The van der Waals surface area contributed by atoms with Crippen LogP contribution in [0.25, 0.3) is 5.69 Å². The monoisotopic (exact) mass is 338 g/mol. The fourth-order valence-corrected chi connectivity index (χ4v) is 3.79. The van der Waals surface area contributed by atoms with Gasteiger partial charge >= 0.3 is 0 Å². The van der Waals surface area contributed by atoms with E-state index >= 15 is 0 Å². The van der Waals surface area contributed by atoms with E-state index in [1.807, 2.05) is 42.6 Å². The van der Waals surface area contributed by atoms with Gasteiger partial charge in [-0.3, -0.25) is 4.79 Å². The smallest absolute Gasteiger partial charge is 0.274 e. The predicted molar refractivity (Wildman–Crippen MR) is 97.9 cm³/mol. The lowest BCUT2D eigenvalue weighted by atomic mass is 10.0. The molecule has 0 bridgehead atoms. The maximum atomic E-state index is 13.2. The van der Waals surface area contributed by atoms with Gasteiger partial charge in [-0.05, 0) is 50.4 Å². The first-order valence-electron chi connectivity index (χ1n) is 9.42. The van der Waals surface area contributed by atoms with Crippen LogP contribution in [0.15, 0.2) is 42.6 Å². The summed E-state index contributed by atoms with van der Waals surface area (Å²) in [5, 5.41) is 4.55. The molecule has 2 fully saturated rings. The number of piperidine rings is 1. The third-order valence-electron chi connectivity index (χ3n) is 5.40. The van der Waals surface area contributed by atoms with Crippen LogP contribution in [0, 0.1) is 0 Å². The summed E-state index contributed by atoms with van der Waals surface area (Å²) >= 11 is 0. The Kier molecular flexibility index (Phi) is 4.57. The molecule has 5 nitrogen and oxygen atoms in total. The maximum absolute atomic E-state index is 13.2. The van der Waals surface area contributed by atoms with Gasteiger partial charge in [-0.2, -0.15) is 5.10 Å². The molecule has 132 valence electrons. The minimum Gasteiger partial charge on any atom is -0.331 e.